The first-order valence-corrected chi connectivity index (χ1v) is 11.5. The Kier molecular flexibility index (Phi) is 6.28. The molecule has 1 atom stereocenters. The summed E-state index contributed by atoms with van der Waals surface area (Å²) in [5, 5.41) is 12.8. The summed E-state index contributed by atoms with van der Waals surface area (Å²) in [4.78, 5) is 30.9. The number of amides is 1. The Morgan fingerprint density at radius 3 is 2.56 bits per heavy atom. The molecule has 0 radical (unpaired) electrons. The van der Waals surface area contributed by atoms with Gasteiger partial charge in [0.1, 0.15) is 11.4 Å². The molecule has 1 N–H and O–H groups in total. The van der Waals surface area contributed by atoms with Crippen LogP contribution in [-0.4, -0.2) is 26.2 Å². The maximum atomic E-state index is 13.5. The van der Waals surface area contributed by atoms with E-state index in [-0.39, 0.29) is 11.5 Å². The molecule has 3 aromatic rings. The van der Waals surface area contributed by atoms with Crippen molar-refractivity contribution in [2.75, 3.05) is 0 Å². The number of benzene rings is 2. The number of halogens is 1. The molecule has 0 aliphatic heterocycles. The number of carbonyl (C=O) groups is 1. The normalized spacial score (nSPS) is 16.3. The smallest absolute Gasteiger partial charge is 0.266 e. The van der Waals surface area contributed by atoms with Gasteiger partial charge in [-0.05, 0) is 56.2 Å². The fraction of sp³-hybridized carbons (Fsp3) is 0.333. The molecule has 1 heterocycles. The molecule has 32 heavy (non-hydrogen) atoms. The third kappa shape index (κ3) is 4.39. The predicted octanol–water partition coefficient (Wildman–Crippen LogP) is 4.35. The SMILES string of the molecule is CC(Sc1nc2ccccc2c(=O)n1-c1ccc(F)cc1)C(=O)NC1(C#N)CCCCC1. The number of fused-ring (bicyclic) bond motifs is 1. The number of para-hydroxylation sites is 1. The fourth-order valence-electron chi connectivity index (χ4n) is 3.98. The molecule has 1 amide bonds. The minimum atomic E-state index is -0.836. The number of aromatic nitrogens is 2. The second kappa shape index (κ2) is 9.13. The highest BCUT2D eigenvalue weighted by Crippen LogP contribution is 2.30. The van der Waals surface area contributed by atoms with Crippen molar-refractivity contribution in [1.29, 1.82) is 5.26 Å². The molecule has 1 aliphatic carbocycles. The van der Waals surface area contributed by atoms with Gasteiger partial charge in [0, 0.05) is 0 Å². The lowest BCUT2D eigenvalue weighted by Crippen LogP contribution is -2.51. The summed E-state index contributed by atoms with van der Waals surface area (Å²) in [6.45, 7) is 1.73. The highest BCUT2D eigenvalue weighted by atomic mass is 32.2. The van der Waals surface area contributed by atoms with Crippen LogP contribution in [0.25, 0.3) is 16.6 Å². The molecule has 1 saturated carbocycles. The van der Waals surface area contributed by atoms with Crippen LogP contribution in [0.5, 0.6) is 0 Å². The van der Waals surface area contributed by atoms with E-state index in [0.29, 0.717) is 34.6 Å². The molecular weight excluding hydrogens is 427 g/mol. The average Bonchev–Trinajstić information content (AvgIpc) is 2.81. The lowest BCUT2D eigenvalue weighted by Gasteiger charge is -2.32. The van der Waals surface area contributed by atoms with Crippen molar-refractivity contribution < 1.29 is 9.18 Å². The van der Waals surface area contributed by atoms with E-state index >= 15 is 0 Å². The van der Waals surface area contributed by atoms with Gasteiger partial charge in [0.15, 0.2) is 5.16 Å². The van der Waals surface area contributed by atoms with Gasteiger partial charge in [0.25, 0.3) is 5.56 Å². The van der Waals surface area contributed by atoms with Crippen LogP contribution >= 0.6 is 11.8 Å². The van der Waals surface area contributed by atoms with Crippen molar-refractivity contribution in [2.45, 2.75) is 55.0 Å². The summed E-state index contributed by atoms with van der Waals surface area (Å²) in [5.41, 5.74) is -0.146. The molecule has 1 aliphatic rings. The van der Waals surface area contributed by atoms with Gasteiger partial charge in [-0.25, -0.2) is 9.37 Å². The molecule has 1 fully saturated rings. The van der Waals surface area contributed by atoms with Crippen LogP contribution in [0.3, 0.4) is 0 Å². The van der Waals surface area contributed by atoms with Gasteiger partial charge >= 0.3 is 0 Å². The number of thioether (sulfide) groups is 1. The van der Waals surface area contributed by atoms with Crippen molar-refractivity contribution in [3.8, 4) is 11.8 Å². The quantitative estimate of drug-likeness (QED) is 0.461. The molecule has 6 nitrogen and oxygen atoms in total. The number of rotatable bonds is 5. The standard InChI is InChI=1S/C24H23FN4O2S/c1-16(21(30)28-24(15-26)13-5-2-6-14-24)32-23-27-20-8-4-3-7-19(20)22(31)29(23)18-11-9-17(25)10-12-18/h3-4,7-12,16H,2,5-6,13-14H2,1H3,(H,28,30). The molecule has 1 aromatic heterocycles. The highest BCUT2D eigenvalue weighted by Gasteiger charge is 2.35. The van der Waals surface area contributed by atoms with E-state index in [4.69, 9.17) is 0 Å². The molecule has 1 unspecified atom stereocenters. The van der Waals surface area contributed by atoms with Crippen molar-refractivity contribution in [1.82, 2.24) is 14.9 Å². The van der Waals surface area contributed by atoms with Gasteiger partial charge < -0.3 is 5.32 Å². The number of nitrogens with zero attached hydrogens (tertiary/aromatic N) is 3. The van der Waals surface area contributed by atoms with Crippen molar-refractivity contribution in [2.24, 2.45) is 0 Å². The minimum Gasteiger partial charge on any atom is -0.337 e. The summed E-state index contributed by atoms with van der Waals surface area (Å²) in [7, 11) is 0. The van der Waals surface area contributed by atoms with Crippen LogP contribution in [0.15, 0.2) is 58.5 Å². The molecule has 4 rings (SSSR count). The number of hydrogen-bond donors (Lipinski definition) is 1. The zero-order chi connectivity index (χ0) is 22.7. The lowest BCUT2D eigenvalue weighted by molar-refractivity contribution is -0.121. The number of carbonyl (C=O) groups excluding carboxylic acids is 1. The van der Waals surface area contributed by atoms with E-state index in [2.05, 4.69) is 16.4 Å². The van der Waals surface area contributed by atoms with Crippen LogP contribution in [0.1, 0.15) is 39.0 Å². The molecule has 164 valence electrons. The number of hydrogen-bond acceptors (Lipinski definition) is 5. The Balaban J connectivity index is 1.69. The Labute approximate surface area is 189 Å². The fourth-order valence-corrected chi connectivity index (χ4v) is 4.91. The van der Waals surface area contributed by atoms with E-state index < -0.39 is 16.6 Å². The average molecular weight is 451 g/mol. The van der Waals surface area contributed by atoms with Crippen molar-refractivity contribution in [3.05, 3.63) is 64.7 Å². The topological polar surface area (TPSA) is 87.8 Å². The Hall–Kier alpha value is -3.18. The maximum absolute atomic E-state index is 13.5. The third-order valence-electron chi connectivity index (χ3n) is 5.76. The Morgan fingerprint density at radius 2 is 1.88 bits per heavy atom. The lowest BCUT2D eigenvalue weighted by atomic mass is 9.83. The minimum absolute atomic E-state index is 0.272. The van der Waals surface area contributed by atoms with E-state index in [1.807, 2.05) is 0 Å². The summed E-state index contributed by atoms with van der Waals surface area (Å²) in [5.74, 6) is -0.682. The van der Waals surface area contributed by atoms with E-state index in [1.54, 1.807) is 31.2 Å². The van der Waals surface area contributed by atoms with E-state index in [0.717, 1.165) is 31.0 Å². The van der Waals surface area contributed by atoms with Crippen molar-refractivity contribution in [3.63, 3.8) is 0 Å². The van der Waals surface area contributed by atoms with E-state index in [9.17, 15) is 19.2 Å². The maximum Gasteiger partial charge on any atom is 0.266 e. The molecule has 0 saturated heterocycles. The van der Waals surface area contributed by atoms with Crippen LogP contribution < -0.4 is 10.9 Å². The van der Waals surface area contributed by atoms with Gasteiger partial charge in [-0.15, -0.1) is 0 Å². The monoisotopic (exact) mass is 450 g/mol. The van der Waals surface area contributed by atoms with Crippen LogP contribution in [0.2, 0.25) is 0 Å². The van der Waals surface area contributed by atoms with Gasteiger partial charge in [-0.2, -0.15) is 5.26 Å². The highest BCUT2D eigenvalue weighted by molar-refractivity contribution is 8.00. The van der Waals surface area contributed by atoms with Crippen molar-refractivity contribution >= 4 is 28.6 Å². The van der Waals surface area contributed by atoms with Crippen LogP contribution in [0.4, 0.5) is 4.39 Å². The summed E-state index contributed by atoms with van der Waals surface area (Å²) in [6.07, 6.45) is 4.16. The second-order valence-electron chi connectivity index (χ2n) is 8.03. The van der Waals surface area contributed by atoms with Gasteiger partial charge in [-0.3, -0.25) is 14.2 Å². The number of nitriles is 1. The van der Waals surface area contributed by atoms with Gasteiger partial charge in [-0.1, -0.05) is 43.2 Å². The summed E-state index contributed by atoms with van der Waals surface area (Å²) >= 11 is 1.14. The first kappa shape index (κ1) is 22.0. The zero-order valence-electron chi connectivity index (χ0n) is 17.7. The first-order valence-electron chi connectivity index (χ1n) is 10.6. The first-order chi connectivity index (χ1) is 15.4. The summed E-state index contributed by atoms with van der Waals surface area (Å²) in [6, 6.07) is 14.9. The molecule has 8 heteroatoms. The second-order valence-corrected chi connectivity index (χ2v) is 9.34. The van der Waals surface area contributed by atoms with Gasteiger partial charge in [0.2, 0.25) is 5.91 Å². The molecule has 0 spiro atoms. The Bertz CT molecular complexity index is 1240. The molecule has 0 bridgehead atoms. The van der Waals surface area contributed by atoms with E-state index in [1.165, 1.54) is 28.8 Å². The molecule has 2 aromatic carbocycles. The van der Waals surface area contributed by atoms with Crippen LogP contribution in [-0.2, 0) is 4.79 Å². The molecular formula is C24H23FN4O2S. The number of nitrogens with one attached hydrogen (secondary N) is 1. The largest absolute Gasteiger partial charge is 0.337 e. The Morgan fingerprint density at radius 1 is 1.19 bits per heavy atom. The predicted molar refractivity (Wildman–Crippen MR) is 122 cm³/mol. The zero-order valence-corrected chi connectivity index (χ0v) is 18.5. The third-order valence-corrected chi connectivity index (χ3v) is 6.82. The van der Waals surface area contributed by atoms with Gasteiger partial charge in [0.05, 0.1) is 27.9 Å². The summed E-state index contributed by atoms with van der Waals surface area (Å²) < 4.78 is 14.9. The van der Waals surface area contributed by atoms with Crippen LogP contribution in [0, 0.1) is 17.1 Å².